The van der Waals surface area contributed by atoms with Gasteiger partial charge in [0.15, 0.2) is 35.0 Å². The average Bonchev–Trinajstić information content (AvgIpc) is 1.64. The van der Waals surface area contributed by atoms with Crippen molar-refractivity contribution in [2.45, 2.75) is 44.2 Å². The minimum absolute atomic E-state index is 0.0388. The van der Waals surface area contributed by atoms with Gasteiger partial charge in [-0.05, 0) is 195 Å². The zero-order valence-electron chi connectivity index (χ0n) is 61.7. The first-order valence-electron chi connectivity index (χ1n) is 35.5. The number of ketones is 3. The predicted octanol–water partition coefficient (Wildman–Crippen LogP) is 18.0. The number of alkyl halides is 1. The van der Waals surface area contributed by atoms with Crippen molar-refractivity contribution in [1.82, 2.24) is 60.3 Å². The summed E-state index contributed by atoms with van der Waals surface area (Å²) in [6.07, 6.45) is 10.7. The number of phenols is 1. The van der Waals surface area contributed by atoms with Gasteiger partial charge in [-0.15, -0.1) is 22.9 Å². The number of aromatic hydroxyl groups is 1. The molecule has 0 spiro atoms. The van der Waals surface area contributed by atoms with Crippen LogP contribution in [0.1, 0.15) is 69.6 Å². The van der Waals surface area contributed by atoms with E-state index in [1.807, 2.05) is 97.1 Å². The molecule has 0 radical (unpaired) electrons. The molecule has 3 aliphatic rings. The van der Waals surface area contributed by atoms with Crippen LogP contribution in [-0.2, 0) is 9.59 Å². The number of anilines is 7. The number of aliphatic hydroxyl groups is 1. The number of allylic oxidation sites excluding steroid dienone is 2. The van der Waals surface area contributed by atoms with E-state index in [9.17, 15) is 24.3 Å². The molecule has 2 unspecified atom stereocenters. The summed E-state index contributed by atoms with van der Waals surface area (Å²) < 4.78 is 12.4. The Labute approximate surface area is 764 Å². The van der Waals surface area contributed by atoms with Crippen LogP contribution in [0.2, 0.25) is 15.1 Å². The molecule has 119 heavy (non-hydrogen) atoms. The van der Waals surface area contributed by atoms with Gasteiger partial charge in [-0.2, -0.15) is 10.2 Å². The Morgan fingerprint density at radius 3 is 2.18 bits per heavy atom. The largest absolute Gasteiger partial charge is 0.508 e. The third kappa shape index (κ3) is 26.5. The number of nitrogen functional groups attached to an aromatic ring is 2. The number of aromatic amines is 2. The summed E-state index contributed by atoms with van der Waals surface area (Å²) in [5.41, 5.74) is 20.6. The molecule has 9 heterocycles. The maximum atomic E-state index is 12.2. The fourth-order valence-corrected chi connectivity index (χ4v) is 14.6. The number of carbonyl (C=O) groups excluding carboxylic acids is 3. The number of aromatic carboxylic acids is 1. The number of halogens is 11. The number of fused-ring (bicyclic) bond motifs is 1. The quantitative estimate of drug-likeness (QED) is 0.00752. The van der Waals surface area contributed by atoms with Gasteiger partial charge in [-0.25, -0.2) is 39.4 Å². The molecule has 2 aliphatic heterocycles. The van der Waals surface area contributed by atoms with Gasteiger partial charge in [0, 0.05) is 104 Å². The van der Waals surface area contributed by atoms with Crippen molar-refractivity contribution in [1.29, 1.82) is 0 Å². The number of aromatic nitrogens is 11. The molecule has 2 atom stereocenters. The van der Waals surface area contributed by atoms with E-state index in [1.54, 1.807) is 72.1 Å². The molecular formula is C78H68Br2Cl4I5N20O9S-. The van der Waals surface area contributed by atoms with Crippen molar-refractivity contribution < 1.29 is 57.1 Å². The number of carbonyl (C=O) groups is 4. The molecule has 16 rings (SSSR count). The third-order valence-corrected chi connectivity index (χ3v) is 104. The van der Waals surface area contributed by atoms with E-state index in [4.69, 9.17) is 77.5 Å². The Morgan fingerprint density at radius 2 is 1.49 bits per heavy atom. The summed E-state index contributed by atoms with van der Waals surface area (Å²) in [6.45, 7) is 3.74. The smallest absolute Gasteiger partial charge is 0.337 e. The number of benzene rings is 6. The fraction of sp³-hybridized carbons (Fsp3) is 0.167. The van der Waals surface area contributed by atoms with Crippen LogP contribution in [-0.4, -0.2) is 144 Å². The molecule has 0 bridgehead atoms. The second kappa shape index (κ2) is 45.8. The first-order chi connectivity index (χ1) is 57.5. The van der Waals surface area contributed by atoms with Gasteiger partial charge in [0.05, 0.1) is 53.9 Å². The molecule has 1 saturated heterocycles. The van der Waals surface area contributed by atoms with E-state index in [0.29, 0.717) is 92.2 Å². The second-order valence-electron chi connectivity index (χ2n) is 25.4. The minimum atomic E-state index is -1.19. The summed E-state index contributed by atoms with van der Waals surface area (Å²) in [6, 6.07) is 49.2. The SMILES string of the molecule is I[I-]I(I)I.Nc1cccc(-c2cc3c(Oc4cccc(O)c4)ncnc3[nH]2)c1.Nc1nonc1N1N=NC(c2nc(-c3ccncc3)n[nH]2)C1CN1CCCCC1.O=C(CCl)c1cc(Br)c(Br)s1.O=C1CC(=O)C(c2cccc(Cl)c2)=C1Nc1ccc(Cl)c(C(=O)O)c1.OCCCNc1cccc(-c2ccnc(Nc3cccc(Cl)c3)n2)c1. The predicted molar refractivity (Wildman–Crippen MR) is 503 cm³/mol. The van der Waals surface area contributed by atoms with E-state index in [-0.39, 0.29) is 89.7 Å². The van der Waals surface area contributed by atoms with Crippen molar-refractivity contribution >= 4 is 234 Å². The molecule has 13 aromatic rings. The number of rotatable bonds is 22. The molecular weight excluding hydrogens is 2330 g/mol. The van der Waals surface area contributed by atoms with E-state index in [0.717, 1.165) is 79.3 Å². The Morgan fingerprint density at radius 1 is 0.765 bits per heavy atom. The topological polar surface area (TPSA) is 418 Å². The minimum Gasteiger partial charge on any atom is -0.508 e. The monoisotopic (exact) mass is 2390 g/mol. The number of Topliss-reactive ketones (excluding diaryl/α,β-unsaturated/α-hetero) is 3. The molecule has 0 amide bonds. The fourth-order valence-electron chi connectivity index (χ4n) is 11.8. The van der Waals surface area contributed by atoms with Crippen LogP contribution >= 0.6 is 153 Å². The van der Waals surface area contributed by atoms with Gasteiger partial charge >= 0.3 is 83.0 Å². The molecule has 618 valence electrons. The van der Waals surface area contributed by atoms with Crippen molar-refractivity contribution in [3.63, 3.8) is 0 Å². The summed E-state index contributed by atoms with van der Waals surface area (Å²) in [5.74, 6) is 1.47. The second-order valence-corrected chi connectivity index (χ2v) is 95.2. The molecule has 41 heteroatoms. The number of likely N-dealkylation sites (tertiary alicyclic amines) is 1. The number of phenolic OH excluding ortho intramolecular Hbond substituents is 1. The number of nitrogens with one attached hydrogen (secondary N) is 5. The van der Waals surface area contributed by atoms with Crippen LogP contribution in [0.15, 0.2) is 224 Å². The van der Waals surface area contributed by atoms with E-state index in [1.165, 1.54) is 61.2 Å². The van der Waals surface area contributed by atoms with Gasteiger partial charge in [-0.1, -0.05) is 95.0 Å². The zero-order valence-corrected chi connectivity index (χ0v) is 79.5. The van der Waals surface area contributed by atoms with Crippen LogP contribution in [0.4, 0.5) is 40.3 Å². The Bertz CT molecular complexity index is 5720. The van der Waals surface area contributed by atoms with Crippen LogP contribution in [0.25, 0.3) is 50.5 Å². The van der Waals surface area contributed by atoms with E-state index < -0.39 is 5.97 Å². The van der Waals surface area contributed by atoms with Crippen LogP contribution in [0.5, 0.6) is 17.4 Å². The maximum Gasteiger partial charge on any atom is 0.337 e. The number of nitrogens with two attached hydrogens (primary N) is 2. The van der Waals surface area contributed by atoms with Crippen molar-refractivity contribution in [3.05, 3.63) is 246 Å². The normalized spacial score (nSPS) is 14.3. The maximum absolute atomic E-state index is 12.2. The van der Waals surface area contributed by atoms with Crippen molar-refractivity contribution in [2.24, 2.45) is 10.3 Å². The number of thiophene rings is 1. The van der Waals surface area contributed by atoms with Gasteiger partial charge in [0.1, 0.15) is 29.5 Å². The van der Waals surface area contributed by atoms with Crippen molar-refractivity contribution in [3.8, 4) is 51.3 Å². The molecule has 0 saturated carbocycles. The molecule has 6 aromatic carbocycles. The van der Waals surface area contributed by atoms with Gasteiger partial charge in [-0.3, -0.25) is 24.5 Å². The number of aliphatic hydroxyl groups excluding tert-OH is 1. The van der Waals surface area contributed by atoms with Crippen LogP contribution in [0, 0.1) is 0 Å². The first-order valence-corrected chi connectivity index (χ1v) is 64.7. The standard InChI is InChI=1S/C19H19ClN4O.C18H11Cl2NO4.C18H14N4O2.C17H21N11O.C6H3Br2ClOS.I5/c20-15-5-2-7-17(13-15)23-19-22-10-8-18(24-19)14-4-1-6-16(12-14)21-9-3-11-25;19-10-3-1-2-9(6-10)16-14(22)8-15(23)17(16)21-11-4-5-13(20)12(7-11)18(24)25;19-12-4-1-3-11(7-12)16-9-15-17(22-16)20-10-21-18(15)24-14-6-2-5-13(23)8-14;18-14-17(25-29-24-14)28-12(10-27-8-2-1-3-9-27)13(21-26-28)16-20-15(22-23-16)11-4-6-19-7-5-11;7-3-1-5(4(10)2-9)11-6(3)8;1-4-5(2)3/h1-2,4-8,10,12-13,21,25H,3,9,11H2,(H,22,23,24);1-7,21H,8H2,(H,24,25);1-10,23H,19H2,(H,20,21,22);4-7,12-13H,1-3,8-10H2,(H2,18,24)(H,20,22,23);1H,2H2;/q;;;;;-1. The summed E-state index contributed by atoms with van der Waals surface area (Å²) >= 11 is 39.5. The third-order valence-electron chi connectivity index (χ3n) is 17.2. The first kappa shape index (κ1) is 91.8. The number of carboxylic acids is 1. The van der Waals surface area contributed by atoms with Gasteiger partial charge in [0.25, 0.3) is 0 Å². The number of H-pyrrole nitrogens is 2. The number of carboxylic acid groups (broad SMARTS) is 1. The number of hydrogen-bond donors (Lipinski definition) is 10. The number of ether oxygens (including phenoxy) is 1. The van der Waals surface area contributed by atoms with E-state index in [2.05, 4.69) is 174 Å². The van der Waals surface area contributed by atoms with Gasteiger partial charge < -0.3 is 57.4 Å². The zero-order chi connectivity index (χ0) is 84.5. The van der Waals surface area contributed by atoms with E-state index >= 15 is 0 Å². The molecule has 29 nitrogen and oxygen atoms in total. The van der Waals surface area contributed by atoms with Gasteiger partial charge in [0.2, 0.25) is 23.5 Å². The Kier molecular flexibility index (Phi) is 35.3. The molecule has 12 N–H and O–H groups in total. The van der Waals surface area contributed by atoms with Crippen LogP contribution in [0.3, 0.4) is 0 Å². The molecule has 7 aromatic heterocycles. The Balaban J connectivity index is 0.000000146. The van der Waals surface area contributed by atoms with Crippen LogP contribution < -0.4 is 50.4 Å². The molecule has 1 aliphatic carbocycles. The number of hydrogen-bond acceptors (Lipinski definition) is 27. The number of pyridine rings is 1. The summed E-state index contributed by atoms with van der Waals surface area (Å²) in [7, 11) is -0.245. The number of piperidine rings is 1. The van der Waals surface area contributed by atoms with Crippen molar-refractivity contribution in [2.75, 3.05) is 71.1 Å². The average molecular weight is 2400 g/mol. The summed E-state index contributed by atoms with van der Waals surface area (Å²) in [5, 5.41) is 64.2. The number of nitrogens with zero attached hydrogens (tertiary/aromatic N) is 13. The summed E-state index contributed by atoms with van der Waals surface area (Å²) in [4.78, 5) is 79.0. The Hall–Kier alpha value is -7.94. The molecule has 1 fully saturated rings.